The van der Waals surface area contributed by atoms with Crippen molar-refractivity contribution < 1.29 is 14.1 Å². The average molecular weight is 417 g/mol. The first-order chi connectivity index (χ1) is 14.0. The molecule has 2 aromatic rings. The van der Waals surface area contributed by atoms with E-state index >= 15 is 0 Å². The topological polar surface area (TPSA) is 88.3 Å². The lowest BCUT2D eigenvalue weighted by Gasteiger charge is -2.34. The van der Waals surface area contributed by atoms with E-state index in [1.165, 1.54) is 6.20 Å². The zero-order valence-electron chi connectivity index (χ0n) is 17.0. The van der Waals surface area contributed by atoms with Gasteiger partial charge in [0.15, 0.2) is 0 Å². The maximum atomic E-state index is 12.7. The molecule has 0 radical (unpaired) electrons. The van der Waals surface area contributed by atoms with Crippen LogP contribution < -0.4 is 5.32 Å². The van der Waals surface area contributed by atoms with Crippen LogP contribution in [0.25, 0.3) is 11.1 Å². The summed E-state index contributed by atoms with van der Waals surface area (Å²) in [4.78, 5) is 31.7. The Morgan fingerprint density at radius 3 is 2.62 bits per heavy atom. The first kappa shape index (κ1) is 20.2. The fourth-order valence-electron chi connectivity index (χ4n) is 4.19. The lowest BCUT2D eigenvalue weighted by atomic mass is 9.85. The molecular formula is C21H28N4O3S. The number of aromatic nitrogens is 2. The normalized spacial score (nSPS) is 22.8. The summed E-state index contributed by atoms with van der Waals surface area (Å²) in [5.41, 5.74) is 1.80. The van der Waals surface area contributed by atoms with Crippen molar-refractivity contribution in [2.75, 3.05) is 24.6 Å². The fraction of sp³-hybridized carbons (Fsp3) is 0.619. The number of nitrogens with zero attached hydrogens (tertiary/aromatic N) is 3. The SMILES string of the molecule is CC(C)c1noc2ncc(C(=O)NC3CCC(C(=O)N4CCSCC4)CC3)cc12. The van der Waals surface area contributed by atoms with Gasteiger partial charge in [-0.1, -0.05) is 19.0 Å². The summed E-state index contributed by atoms with van der Waals surface area (Å²) in [6.45, 7) is 5.81. The molecule has 1 N–H and O–H groups in total. The molecule has 29 heavy (non-hydrogen) atoms. The molecule has 1 aliphatic carbocycles. The monoisotopic (exact) mass is 416 g/mol. The second-order valence-corrected chi connectivity index (χ2v) is 9.48. The van der Waals surface area contributed by atoms with Crippen LogP contribution in [0.5, 0.6) is 0 Å². The maximum absolute atomic E-state index is 12.7. The number of hydrogen-bond donors (Lipinski definition) is 1. The van der Waals surface area contributed by atoms with E-state index < -0.39 is 0 Å². The van der Waals surface area contributed by atoms with Gasteiger partial charge >= 0.3 is 0 Å². The van der Waals surface area contributed by atoms with Gasteiger partial charge in [0.05, 0.1) is 16.6 Å². The Kier molecular flexibility index (Phi) is 6.08. The third-order valence-corrected chi connectivity index (χ3v) is 6.84. The van der Waals surface area contributed by atoms with E-state index in [0.29, 0.717) is 17.2 Å². The molecule has 8 heteroatoms. The Labute approximate surface area is 175 Å². The third kappa shape index (κ3) is 4.42. The standard InChI is InChI=1S/C21H28N4O3S/c1-13(2)18-17-11-15(12-22-20(17)28-24-18)19(26)23-16-5-3-14(4-6-16)21(27)25-7-9-29-10-8-25/h11-14,16H,3-10H2,1-2H3,(H,23,26). The number of hydrogen-bond acceptors (Lipinski definition) is 6. The highest BCUT2D eigenvalue weighted by Gasteiger charge is 2.30. The Morgan fingerprint density at radius 2 is 1.93 bits per heavy atom. The quantitative estimate of drug-likeness (QED) is 0.823. The number of amides is 2. The van der Waals surface area contributed by atoms with Crippen molar-refractivity contribution in [3.05, 3.63) is 23.5 Å². The summed E-state index contributed by atoms with van der Waals surface area (Å²) in [5.74, 6) is 2.56. The van der Waals surface area contributed by atoms with Crippen LogP contribution in [0, 0.1) is 5.92 Å². The molecule has 2 aromatic heterocycles. The number of carbonyl (C=O) groups is 2. The second kappa shape index (κ2) is 8.73. The molecule has 3 heterocycles. The highest BCUT2D eigenvalue weighted by molar-refractivity contribution is 7.99. The van der Waals surface area contributed by atoms with Gasteiger partial charge in [-0.05, 0) is 37.7 Å². The van der Waals surface area contributed by atoms with Gasteiger partial charge in [-0.3, -0.25) is 9.59 Å². The summed E-state index contributed by atoms with van der Waals surface area (Å²) >= 11 is 1.92. The van der Waals surface area contributed by atoms with Crippen molar-refractivity contribution in [1.29, 1.82) is 0 Å². The number of thioether (sulfide) groups is 1. The molecule has 4 rings (SSSR count). The van der Waals surface area contributed by atoms with Gasteiger partial charge in [-0.2, -0.15) is 11.8 Å². The van der Waals surface area contributed by atoms with Crippen molar-refractivity contribution in [1.82, 2.24) is 20.4 Å². The Hall–Kier alpha value is -2.09. The number of rotatable bonds is 4. The highest BCUT2D eigenvalue weighted by atomic mass is 32.2. The number of fused-ring (bicyclic) bond motifs is 1. The first-order valence-electron chi connectivity index (χ1n) is 10.5. The van der Waals surface area contributed by atoms with Gasteiger partial charge in [0.2, 0.25) is 5.91 Å². The molecule has 2 amide bonds. The molecule has 0 atom stereocenters. The Balaban J connectivity index is 1.34. The van der Waals surface area contributed by atoms with Crippen molar-refractivity contribution in [2.24, 2.45) is 5.92 Å². The van der Waals surface area contributed by atoms with Crippen molar-refractivity contribution >= 4 is 34.7 Å². The van der Waals surface area contributed by atoms with Crippen LogP contribution in [-0.2, 0) is 4.79 Å². The van der Waals surface area contributed by atoms with Crippen LogP contribution in [0.15, 0.2) is 16.8 Å². The molecule has 7 nitrogen and oxygen atoms in total. The molecule has 1 saturated heterocycles. The van der Waals surface area contributed by atoms with E-state index in [0.717, 1.165) is 61.4 Å². The van der Waals surface area contributed by atoms with Gasteiger partial charge in [-0.15, -0.1) is 0 Å². The van der Waals surface area contributed by atoms with Crippen LogP contribution >= 0.6 is 11.8 Å². The summed E-state index contributed by atoms with van der Waals surface area (Å²) in [7, 11) is 0. The minimum absolute atomic E-state index is 0.103. The molecule has 0 bridgehead atoms. The number of pyridine rings is 1. The van der Waals surface area contributed by atoms with Gasteiger partial charge in [0, 0.05) is 42.8 Å². The smallest absolute Gasteiger partial charge is 0.257 e. The molecule has 0 aromatic carbocycles. The maximum Gasteiger partial charge on any atom is 0.257 e. The van der Waals surface area contributed by atoms with E-state index in [1.54, 1.807) is 0 Å². The van der Waals surface area contributed by atoms with Gasteiger partial charge < -0.3 is 14.7 Å². The molecule has 0 spiro atoms. The average Bonchev–Trinajstić information content (AvgIpc) is 3.18. The minimum Gasteiger partial charge on any atom is -0.349 e. The van der Waals surface area contributed by atoms with Crippen molar-refractivity contribution in [2.45, 2.75) is 51.5 Å². The van der Waals surface area contributed by atoms with Crippen LogP contribution in [0.3, 0.4) is 0 Å². The summed E-state index contributed by atoms with van der Waals surface area (Å²) < 4.78 is 5.25. The predicted molar refractivity (Wildman–Crippen MR) is 113 cm³/mol. The third-order valence-electron chi connectivity index (χ3n) is 5.90. The zero-order chi connectivity index (χ0) is 20.4. The predicted octanol–water partition coefficient (Wildman–Crippen LogP) is 3.21. The largest absolute Gasteiger partial charge is 0.349 e. The van der Waals surface area contributed by atoms with E-state index in [-0.39, 0.29) is 23.8 Å². The van der Waals surface area contributed by atoms with E-state index in [9.17, 15) is 9.59 Å². The molecule has 156 valence electrons. The molecule has 0 unspecified atom stereocenters. The Morgan fingerprint density at radius 1 is 1.21 bits per heavy atom. The second-order valence-electron chi connectivity index (χ2n) is 8.26. The lowest BCUT2D eigenvalue weighted by molar-refractivity contribution is -0.136. The molecule has 2 fully saturated rings. The van der Waals surface area contributed by atoms with Crippen molar-refractivity contribution in [3.63, 3.8) is 0 Å². The van der Waals surface area contributed by atoms with E-state index in [1.807, 2.05) is 36.6 Å². The van der Waals surface area contributed by atoms with Crippen LogP contribution in [0.1, 0.15) is 61.5 Å². The summed E-state index contributed by atoms with van der Waals surface area (Å²) in [5, 5.41) is 7.98. The van der Waals surface area contributed by atoms with Gasteiger partial charge in [0.25, 0.3) is 11.6 Å². The van der Waals surface area contributed by atoms with Crippen LogP contribution in [-0.4, -0.2) is 57.5 Å². The molecule has 1 saturated carbocycles. The molecule has 1 aliphatic heterocycles. The first-order valence-corrected chi connectivity index (χ1v) is 11.6. The van der Waals surface area contributed by atoms with E-state index in [4.69, 9.17) is 4.52 Å². The molecule has 2 aliphatic rings. The fourth-order valence-corrected chi connectivity index (χ4v) is 5.09. The lowest BCUT2D eigenvalue weighted by Crippen LogP contribution is -2.44. The summed E-state index contributed by atoms with van der Waals surface area (Å²) in [6, 6.07) is 1.92. The number of carbonyl (C=O) groups excluding carboxylic acids is 2. The van der Waals surface area contributed by atoms with Gasteiger partial charge in [0.1, 0.15) is 0 Å². The van der Waals surface area contributed by atoms with E-state index in [2.05, 4.69) is 15.5 Å². The zero-order valence-corrected chi connectivity index (χ0v) is 17.8. The van der Waals surface area contributed by atoms with Crippen molar-refractivity contribution in [3.8, 4) is 0 Å². The van der Waals surface area contributed by atoms with Gasteiger partial charge in [-0.25, -0.2) is 4.98 Å². The van der Waals surface area contributed by atoms with Crippen LogP contribution in [0.4, 0.5) is 0 Å². The van der Waals surface area contributed by atoms with Crippen LogP contribution in [0.2, 0.25) is 0 Å². The molecular weight excluding hydrogens is 388 g/mol. The summed E-state index contributed by atoms with van der Waals surface area (Å²) in [6.07, 6.45) is 4.90. The highest BCUT2D eigenvalue weighted by Crippen LogP contribution is 2.28. The Bertz CT molecular complexity index is 883. The number of nitrogens with one attached hydrogen (secondary N) is 1. The minimum atomic E-state index is -0.127.